The largest absolute Gasteiger partial charge is 0.390 e. The molecule has 2 rings (SSSR count). The number of hydrogen-bond donors (Lipinski definition) is 3. The fourth-order valence-corrected chi connectivity index (χ4v) is 2.40. The van der Waals surface area contributed by atoms with Gasteiger partial charge in [0.2, 0.25) is 15.9 Å². The second-order valence-corrected chi connectivity index (χ2v) is 6.35. The molecule has 21 heavy (non-hydrogen) atoms. The Morgan fingerprint density at radius 2 is 2.10 bits per heavy atom. The molecule has 0 fully saturated rings. The number of nitrogens with one attached hydrogen (secondary N) is 2. The van der Waals surface area contributed by atoms with Crippen molar-refractivity contribution in [2.24, 2.45) is 10.1 Å². The standard InChI is InChI=1S/C13H20N4O3S/c1-2-3-8-15-9-12-16-13(17-20-12)10-4-6-11(7-5-10)21(14,18)19/h4-7,13,15,17H,2-3,8-9H2,1H3,(H2,14,18,19)/t13-/m1/s1. The Morgan fingerprint density at radius 3 is 2.71 bits per heavy atom. The van der Waals surface area contributed by atoms with E-state index in [1.54, 1.807) is 12.1 Å². The van der Waals surface area contributed by atoms with Crippen LogP contribution in [0.2, 0.25) is 0 Å². The third kappa shape index (κ3) is 4.50. The minimum absolute atomic E-state index is 0.0793. The maximum atomic E-state index is 11.2. The number of nitrogens with zero attached hydrogens (tertiary/aromatic N) is 1. The zero-order valence-electron chi connectivity index (χ0n) is 11.9. The molecule has 1 heterocycles. The van der Waals surface area contributed by atoms with Gasteiger partial charge in [0.1, 0.15) is 0 Å². The number of unbranched alkanes of at least 4 members (excludes halogenated alkanes) is 1. The van der Waals surface area contributed by atoms with Gasteiger partial charge in [-0.05, 0) is 30.7 Å². The average Bonchev–Trinajstić information content (AvgIpc) is 2.92. The molecule has 0 unspecified atom stereocenters. The summed E-state index contributed by atoms with van der Waals surface area (Å²) < 4.78 is 22.4. The molecule has 1 aromatic rings. The highest BCUT2D eigenvalue weighted by Crippen LogP contribution is 2.20. The summed E-state index contributed by atoms with van der Waals surface area (Å²) >= 11 is 0. The molecule has 0 spiro atoms. The van der Waals surface area contributed by atoms with E-state index in [0.717, 1.165) is 24.9 Å². The van der Waals surface area contributed by atoms with Crippen LogP contribution in [0, 0.1) is 0 Å². The fourth-order valence-electron chi connectivity index (χ4n) is 1.88. The minimum atomic E-state index is -3.67. The van der Waals surface area contributed by atoms with Crippen molar-refractivity contribution < 1.29 is 13.3 Å². The van der Waals surface area contributed by atoms with E-state index in [-0.39, 0.29) is 11.1 Å². The van der Waals surface area contributed by atoms with Crippen molar-refractivity contribution in [1.82, 2.24) is 10.8 Å². The van der Waals surface area contributed by atoms with Gasteiger partial charge in [-0.2, -0.15) is 0 Å². The normalized spacial score (nSPS) is 18.4. The average molecular weight is 312 g/mol. The topological polar surface area (TPSA) is 106 Å². The van der Waals surface area contributed by atoms with Crippen molar-refractivity contribution in [1.29, 1.82) is 0 Å². The van der Waals surface area contributed by atoms with Crippen LogP contribution in [0.5, 0.6) is 0 Å². The van der Waals surface area contributed by atoms with Crippen molar-refractivity contribution >= 4 is 15.9 Å². The summed E-state index contributed by atoms with van der Waals surface area (Å²) in [4.78, 5) is 9.76. The van der Waals surface area contributed by atoms with Crippen LogP contribution in [-0.2, 0) is 14.9 Å². The first kappa shape index (κ1) is 15.9. The number of aliphatic imine (C=N–C) groups is 1. The van der Waals surface area contributed by atoms with Crippen LogP contribution in [0.3, 0.4) is 0 Å². The number of rotatable bonds is 7. The summed E-state index contributed by atoms with van der Waals surface area (Å²) in [5.74, 6) is 0.589. The molecule has 1 aliphatic heterocycles. The van der Waals surface area contributed by atoms with Crippen molar-refractivity contribution in [3.8, 4) is 0 Å². The lowest BCUT2D eigenvalue weighted by atomic mass is 10.2. The molecule has 0 radical (unpaired) electrons. The quantitative estimate of drug-likeness (QED) is 0.641. The van der Waals surface area contributed by atoms with Gasteiger partial charge in [0.15, 0.2) is 6.17 Å². The van der Waals surface area contributed by atoms with Crippen LogP contribution in [0.25, 0.3) is 0 Å². The monoisotopic (exact) mass is 312 g/mol. The predicted molar refractivity (Wildman–Crippen MR) is 80.0 cm³/mol. The van der Waals surface area contributed by atoms with Gasteiger partial charge in [-0.1, -0.05) is 25.5 Å². The highest BCUT2D eigenvalue weighted by molar-refractivity contribution is 7.89. The van der Waals surface area contributed by atoms with Crippen LogP contribution in [0.15, 0.2) is 34.2 Å². The van der Waals surface area contributed by atoms with Gasteiger partial charge in [0.05, 0.1) is 11.4 Å². The lowest BCUT2D eigenvalue weighted by Crippen LogP contribution is -2.25. The Labute approximate surface area is 124 Å². The van der Waals surface area contributed by atoms with E-state index >= 15 is 0 Å². The van der Waals surface area contributed by atoms with E-state index in [1.165, 1.54) is 12.1 Å². The van der Waals surface area contributed by atoms with Gasteiger partial charge in [-0.3, -0.25) is 0 Å². The number of hydrogen-bond acceptors (Lipinski definition) is 6. The maximum absolute atomic E-state index is 11.2. The second kappa shape index (κ2) is 6.99. The molecule has 0 aliphatic carbocycles. The number of benzene rings is 1. The van der Waals surface area contributed by atoms with E-state index in [2.05, 4.69) is 22.7 Å². The van der Waals surface area contributed by atoms with Gasteiger partial charge >= 0.3 is 0 Å². The van der Waals surface area contributed by atoms with Gasteiger partial charge in [0.25, 0.3) is 0 Å². The van der Waals surface area contributed by atoms with Crippen LogP contribution in [0.1, 0.15) is 31.5 Å². The highest BCUT2D eigenvalue weighted by atomic mass is 32.2. The lowest BCUT2D eigenvalue weighted by molar-refractivity contribution is 0.176. The number of nitrogens with two attached hydrogens (primary N) is 1. The molecule has 116 valence electrons. The molecular weight excluding hydrogens is 292 g/mol. The van der Waals surface area contributed by atoms with Crippen molar-refractivity contribution in [3.05, 3.63) is 29.8 Å². The molecule has 0 saturated heterocycles. The Kier molecular flexibility index (Phi) is 5.29. The Bertz CT molecular complexity index is 598. The molecule has 4 N–H and O–H groups in total. The zero-order chi connectivity index (χ0) is 15.3. The summed E-state index contributed by atoms with van der Waals surface area (Å²) in [7, 11) is -3.67. The van der Waals surface area contributed by atoms with Gasteiger partial charge in [-0.25, -0.2) is 18.5 Å². The Hall–Kier alpha value is -1.48. The van der Waals surface area contributed by atoms with Crippen LogP contribution in [-0.4, -0.2) is 27.4 Å². The summed E-state index contributed by atoms with van der Waals surface area (Å²) in [6, 6.07) is 6.24. The predicted octanol–water partition coefficient (Wildman–Crippen LogP) is 0.656. The molecule has 0 saturated carbocycles. The Balaban J connectivity index is 1.95. The SMILES string of the molecule is CCCCNCC1=N[C@@H](c2ccc(S(N)(=O)=O)cc2)NO1. The van der Waals surface area contributed by atoms with Crippen molar-refractivity contribution in [2.45, 2.75) is 30.8 Å². The van der Waals surface area contributed by atoms with Crippen molar-refractivity contribution in [2.75, 3.05) is 13.1 Å². The first-order chi connectivity index (χ1) is 10.0. The molecule has 0 amide bonds. The fraction of sp³-hybridized carbons (Fsp3) is 0.462. The smallest absolute Gasteiger partial charge is 0.238 e. The van der Waals surface area contributed by atoms with E-state index in [1.807, 2.05) is 0 Å². The Morgan fingerprint density at radius 1 is 1.38 bits per heavy atom. The molecule has 1 atom stereocenters. The first-order valence-electron chi connectivity index (χ1n) is 6.83. The van der Waals surface area contributed by atoms with Gasteiger partial charge in [-0.15, -0.1) is 5.48 Å². The summed E-state index contributed by atoms with van der Waals surface area (Å²) in [5.41, 5.74) is 3.61. The molecule has 1 aromatic carbocycles. The summed E-state index contributed by atoms with van der Waals surface area (Å²) in [6.45, 7) is 3.62. The molecule has 0 bridgehead atoms. The van der Waals surface area contributed by atoms with Gasteiger partial charge in [0, 0.05) is 0 Å². The van der Waals surface area contributed by atoms with E-state index < -0.39 is 10.0 Å². The van der Waals surface area contributed by atoms with Crippen LogP contribution < -0.4 is 15.9 Å². The lowest BCUT2D eigenvalue weighted by Gasteiger charge is -2.06. The number of hydroxylamine groups is 1. The third-order valence-electron chi connectivity index (χ3n) is 3.07. The van der Waals surface area contributed by atoms with Crippen molar-refractivity contribution in [3.63, 3.8) is 0 Å². The van der Waals surface area contributed by atoms with E-state index in [4.69, 9.17) is 9.98 Å². The summed E-state index contributed by atoms with van der Waals surface area (Å²) in [5, 5.41) is 8.30. The van der Waals surface area contributed by atoms with Crippen LogP contribution >= 0.6 is 0 Å². The second-order valence-electron chi connectivity index (χ2n) is 4.79. The van der Waals surface area contributed by atoms with E-state index in [9.17, 15) is 8.42 Å². The minimum Gasteiger partial charge on any atom is -0.390 e. The molecule has 0 aromatic heterocycles. The zero-order valence-corrected chi connectivity index (χ0v) is 12.7. The van der Waals surface area contributed by atoms with Crippen LogP contribution in [0.4, 0.5) is 0 Å². The molecule has 1 aliphatic rings. The summed E-state index contributed by atoms with van der Waals surface area (Å²) in [6.07, 6.45) is 1.92. The maximum Gasteiger partial charge on any atom is 0.238 e. The molecule has 8 heteroatoms. The molecule has 7 nitrogen and oxygen atoms in total. The third-order valence-corrected chi connectivity index (χ3v) is 4.00. The highest BCUT2D eigenvalue weighted by Gasteiger charge is 2.20. The first-order valence-corrected chi connectivity index (χ1v) is 8.38. The van der Waals surface area contributed by atoms with E-state index in [0.29, 0.717) is 12.4 Å². The molecular formula is C13H20N4O3S. The number of primary sulfonamides is 1. The van der Waals surface area contributed by atoms with Gasteiger partial charge < -0.3 is 10.2 Å². The number of sulfonamides is 1.